The van der Waals surface area contributed by atoms with E-state index < -0.39 is 0 Å². The number of nitrogens with one attached hydrogen (secondary N) is 1. The quantitative estimate of drug-likeness (QED) is 0.392. The maximum absolute atomic E-state index is 13.3. The summed E-state index contributed by atoms with van der Waals surface area (Å²) >= 11 is 3.67. The highest BCUT2D eigenvalue weighted by molar-refractivity contribution is 14.1. The van der Waals surface area contributed by atoms with Crippen LogP contribution in [0.25, 0.3) is 0 Å². The summed E-state index contributed by atoms with van der Waals surface area (Å²) in [5.41, 5.74) is 6.99. The van der Waals surface area contributed by atoms with Gasteiger partial charge in [0.05, 0.1) is 14.9 Å². The largest absolute Gasteiger partial charge is 0.397 e. The minimum Gasteiger partial charge on any atom is -0.397 e. The number of hydrogen-bond donors (Lipinski definition) is 3. The number of thioether (sulfide) groups is 1. The van der Waals surface area contributed by atoms with E-state index in [1.807, 2.05) is 22.6 Å². The summed E-state index contributed by atoms with van der Waals surface area (Å²) in [6.07, 6.45) is 0.810. The Morgan fingerprint density at radius 3 is 2.88 bits per heavy atom. The molecule has 4 N–H and O–H groups in total. The maximum atomic E-state index is 13.3. The Kier molecular flexibility index (Phi) is 6.98. The van der Waals surface area contributed by atoms with Gasteiger partial charge in [-0.25, -0.2) is 4.39 Å². The van der Waals surface area contributed by atoms with E-state index >= 15 is 0 Å². The molecule has 17 heavy (non-hydrogen) atoms. The Morgan fingerprint density at radius 1 is 1.41 bits per heavy atom. The molecule has 0 unspecified atom stereocenters. The molecule has 0 aliphatic heterocycles. The fourth-order valence-corrected chi connectivity index (χ4v) is 2.52. The van der Waals surface area contributed by atoms with E-state index in [0.29, 0.717) is 14.9 Å². The average molecular weight is 370 g/mol. The van der Waals surface area contributed by atoms with Crippen LogP contribution >= 0.6 is 34.4 Å². The summed E-state index contributed by atoms with van der Waals surface area (Å²) in [6.45, 7) is 0.968. The van der Waals surface area contributed by atoms with E-state index in [9.17, 15) is 4.39 Å². The van der Waals surface area contributed by atoms with Crippen LogP contribution in [0.2, 0.25) is 0 Å². The Labute approximate surface area is 118 Å². The van der Waals surface area contributed by atoms with Crippen molar-refractivity contribution in [3.8, 4) is 0 Å². The van der Waals surface area contributed by atoms with Crippen LogP contribution in [0.15, 0.2) is 12.1 Å². The molecule has 0 saturated carbocycles. The predicted octanol–water partition coefficient (Wildman–Crippen LogP) is 2.54. The van der Waals surface area contributed by atoms with Crippen LogP contribution in [0.3, 0.4) is 0 Å². The van der Waals surface area contributed by atoms with Gasteiger partial charge >= 0.3 is 0 Å². The first-order chi connectivity index (χ1) is 8.15. The van der Waals surface area contributed by atoms with Gasteiger partial charge in [0.1, 0.15) is 5.82 Å². The number of hydrogen-bond acceptors (Lipinski definition) is 4. The molecule has 1 aromatic carbocycles. The first-order valence-corrected chi connectivity index (χ1v) is 7.55. The molecule has 3 nitrogen and oxygen atoms in total. The van der Waals surface area contributed by atoms with Gasteiger partial charge in [-0.2, -0.15) is 11.8 Å². The number of nitrogen functional groups attached to an aromatic ring is 1. The van der Waals surface area contributed by atoms with Crippen LogP contribution < -0.4 is 11.1 Å². The number of anilines is 2. The lowest BCUT2D eigenvalue weighted by molar-refractivity contribution is 0.296. The number of aliphatic hydroxyl groups excluding tert-OH is 1. The zero-order valence-electron chi connectivity index (χ0n) is 9.38. The van der Waals surface area contributed by atoms with Crippen LogP contribution in [-0.2, 0) is 0 Å². The van der Waals surface area contributed by atoms with Crippen molar-refractivity contribution in [1.82, 2.24) is 0 Å². The molecule has 6 heteroatoms. The first-order valence-electron chi connectivity index (χ1n) is 5.32. The molecule has 0 radical (unpaired) electrons. The lowest BCUT2D eigenvalue weighted by Gasteiger charge is -2.10. The van der Waals surface area contributed by atoms with Gasteiger partial charge in [-0.3, -0.25) is 0 Å². The monoisotopic (exact) mass is 370 g/mol. The molecule has 0 saturated heterocycles. The predicted molar refractivity (Wildman–Crippen MR) is 81.0 cm³/mol. The van der Waals surface area contributed by atoms with Crippen molar-refractivity contribution in [2.45, 2.75) is 6.42 Å². The van der Waals surface area contributed by atoms with Crippen molar-refractivity contribution in [1.29, 1.82) is 0 Å². The Balaban J connectivity index is 2.34. The maximum Gasteiger partial charge on any atom is 0.138 e. The van der Waals surface area contributed by atoms with Crippen LogP contribution in [0, 0.1) is 9.39 Å². The van der Waals surface area contributed by atoms with Crippen LogP contribution in [0.5, 0.6) is 0 Å². The fourth-order valence-electron chi connectivity index (χ4n) is 1.24. The van der Waals surface area contributed by atoms with Crippen molar-refractivity contribution in [3.63, 3.8) is 0 Å². The zero-order chi connectivity index (χ0) is 12.7. The van der Waals surface area contributed by atoms with Gasteiger partial charge in [0.2, 0.25) is 0 Å². The summed E-state index contributed by atoms with van der Waals surface area (Å²) in [7, 11) is 0. The van der Waals surface area contributed by atoms with Crippen molar-refractivity contribution >= 4 is 45.7 Å². The standard InChI is InChI=1S/C11H16FIN2OS/c12-8-6-11(10(14)7-9(8)13)15-2-5-17-4-1-3-16/h6-7,15-16H,1-5,14H2. The molecule has 1 rings (SSSR count). The number of aliphatic hydroxyl groups is 1. The molecular weight excluding hydrogens is 354 g/mol. The van der Waals surface area contributed by atoms with Crippen LogP contribution in [0.4, 0.5) is 15.8 Å². The molecule has 1 aromatic rings. The second-order valence-corrected chi connectivity index (χ2v) is 5.86. The molecule has 0 aliphatic rings. The molecule has 0 heterocycles. The fraction of sp³-hybridized carbons (Fsp3) is 0.455. The summed E-state index contributed by atoms with van der Waals surface area (Å²) in [6, 6.07) is 3.05. The van der Waals surface area contributed by atoms with E-state index in [4.69, 9.17) is 10.8 Å². The molecule has 0 bridgehead atoms. The number of halogens is 2. The first kappa shape index (κ1) is 14.8. The molecule has 0 amide bonds. The van der Waals surface area contributed by atoms with E-state index in [-0.39, 0.29) is 12.4 Å². The smallest absolute Gasteiger partial charge is 0.138 e. The van der Waals surface area contributed by atoms with Crippen molar-refractivity contribution in [2.75, 3.05) is 35.7 Å². The molecule has 0 spiro atoms. The minimum atomic E-state index is -0.254. The van der Waals surface area contributed by atoms with Crippen molar-refractivity contribution in [2.24, 2.45) is 0 Å². The second kappa shape index (κ2) is 7.99. The topological polar surface area (TPSA) is 58.3 Å². The lowest BCUT2D eigenvalue weighted by Crippen LogP contribution is -2.07. The zero-order valence-corrected chi connectivity index (χ0v) is 12.4. The highest BCUT2D eigenvalue weighted by Gasteiger charge is 2.05. The second-order valence-electron chi connectivity index (χ2n) is 3.47. The third kappa shape index (κ3) is 5.31. The molecule has 0 fully saturated rings. The molecule has 0 aliphatic carbocycles. The normalized spacial score (nSPS) is 10.5. The summed E-state index contributed by atoms with van der Waals surface area (Å²) in [5.74, 6) is 1.59. The van der Waals surface area contributed by atoms with E-state index in [1.165, 1.54) is 6.07 Å². The van der Waals surface area contributed by atoms with E-state index in [1.54, 1.807) is 17.8 Å². The highest BCUT2D eigenvalue weighted by Crippen LogP contribution is 2.23. The number of nitrogens with two attached hydrogens (primary N) is 1. The molecular formula is C11H16FIN2OS. The third-order valence-electron chi connectivity index (χ3n) is 2.10. The van der Waals surface area contributed by atoms with E-state index in [2.05, 4.69) is 5.32 Å². The van der Waals surface area contributed by atoms with Gasteiger partial charge in [0, 0.05) is 25.0 Å². The van der Waals surface area contributed by atoms with Gasteiger partial charge in [-0.1, -0.05) is 0 Å². The van der Waals surface area contributed by atoms with Gasteiger partial charge < -0.3 is 16.2 Å². The average Bonchev–Trinajstić information content (AvgIpc) is 2.30. The summed E-state index contributed by atoms with van der Waals surface area (Å²) in [5, 5.41) is 11.7. The Bertz CT molecular complexity index is 366. The summed E-state index contributed by atoms with van der Waals surface area (Å²) in [4.78, 5) is 0. The highest BCUT2D eigenvalue weighted by atomic mass is 127. The van der Waals surface area contributed by atoms with Crippen LogP contribution in [-0.4, -0.2) is 29.8 Å². The molecule has 0 atom stereocenters. The van der Waals surface area contributed by atoms with Gasteiger partial charge in [-0.05, 0) is 40.8 Å². The van der Waals surface area contributed by atoms with Crippen molar-refractivity contribution < 1.29 is 9.50 Å². The third-order valence-corrected chi connectivity index (χ3v) is 4.00. The van der Waals surface area contributed by atoms with Crippen LogP contribution in [0.1, 0.15) is 6.42 Å². The Morgan fingerprint density at radius 2 is 2.18 bits per heavy atom. The van der Waals surface area contributed by atoms with Gasteiger partial charge in [0.15, 0.2) is 0 Å². The van der Waals surface area contributed by atoms with E-state index in [0.717, 1.165) is 24.5 Å². The summed E-state index contributed by atoms with van der Waals surface area (Å²) < 4.78 is 13.8. The number of benzene rings is 1. The minimum absolute atomic E-state index is 0.232. The molecule has 0 aromatic heterocycles. The lowest BCUT2D eigenvalue weighted by atomic mass is 10.2. The molecule has 96 valence electrons. The SMILES string of the molecule is Nc1cc(I)c(F)cc1NCCSCCCO. The van der Waals surface area contributed by atoms with Crippen molar-refractivity contribution in [3.05, 3.63) is 21.5 Å². The number of rotatable bonds is 7. The Hall–Kier alpha value is -0.210. The van der Waals surface area contributed by atoms with Gasteiger partial charge in [0.25, 0.3) is 0 Å². The van der Waals surface area contributed by atoms with Gasteiger partial charge in [-0.15, -0.1) is 0 Å².